The first-order valence-electron chi connectivity index (χ1n) is 15.1. The van der Waals surface area contributed by atoms with Crippen molar-refractivity contribution < 1.29 is 18.0 Å². The van der Waals surface area contributed by atoms with Gasteiger partial charge in [-0.05, 0) is 80.3 Å². The Morgan fingerprint density at radius 1 is 0.848 bits per heavy atom. The number of nitrogens with zero attached hydrogens (tertiary/aromatic N) is 2. The predicted molar refractivity (Wildman–Crippen MR) is 186 cm³/mol. The maximum atomic E-state index is 14.6. The predicted octanol–water partition coefficient (Wildman–Crippen LogP) is 7.36. The van der Waals surface area contributed by atoms with E-state index < -0.39 is 28.5 Å². The van der Waals surface area contributed by atoms with E-state index in [-0.39, 0.29) is 35.5 Å². The summed E-state index contributed by atoms with van der Waals surface area (Å²) in [6.07, 6.45) is 0.916. The van der Waals surface area contributed by atoms with Gasteiger partial charge >= 0.3 is 0 Å². The van der Waals surface area contributed by atoms with Crippen LogP contribution >= 0.6 is 23.2 Å². The van der Waals surface area contributed by atoms with Crippen LogP contribution in [0.1, 0.15) is 42.5 Å². The molecule has 0 unspecified atom stereocenters. The van der Waals surface area contributed by atoms with Gasteiger partial charge in [-0.2, -0.15) is 0 Å². The highest BCUT2D eigenvalue weighted by molar-refractivity contribution is 7.92. The molecule has 242 valence electrons. The summed E-state index contributed by atoms with van der Waals surface area (Å²) >= 11 is 12.8. The van der Waals surface area contributed by atoms with Crippen LogP contribution in [-0.2, 0) is 32.6 Å². The van der Waals surface area contributed by atoms with Gasteiger partial charge in [-0.25, -0.2) is 8.42 Å². The van der Waals surface area contributed by atoms with E-state index in [1.54, 1.807) is 55.5 Å². The molecular formula is C36H39Cl2N3O4S. The van der Waals surface area contributed by atoms with Crippen molar-refractivity contribution in [3.63, 3.8) is 0 Å². The standard InChI is InChI=1S/C36H39Cl2N3O4S/c1-5-26(3)39-36(43)34(22-28-11-7-6-8-12-28)40(23-29-13-9-14-30(37)21-29)35(42)24-41(33-16-10-15-32(38)27(33)4)46(44,45)31-19-17-25(2)18-20-31/h6-21,26,34H,5,22-24H2,1-4H3,(H,39,43)/t26-,34+/m0/s1. The van der Waals surface area contributed by atoms with E-state index in [0.717, 1.165) is 15.4 Å². The van der Waals surface area contributed by atoms with Gasteiger partial charge < -0.3 is 10.2 Å². The number of benzene rings is 4. The number of rotatable bonds is 13. The Kier molecular flexibility index (Phi) is 11.9. The Labute approximate surface area is 282 Å². The summed E-state index contributed by atoms with van der Waals surface area (Å²) < 4.78 is 29.6. The molecule has 0 fully saturated rings. The zero-order valence-corrected chi connectivity index (χ0v) is 28.7. The van der Waals surface area contributed by atoms with Gasteiger partial charge in [-0.15, -0.1) is 0 Å². The first-order valence-corrected chi connectivity index (χ1v) is 17.3. The molecule has 1 N–H and O–H groups in total. The highest BCUT2D eigenvalue weighted by Gasteiger charge is 2.35. The van der Waals surface area contributed by atoms with Gasteiger partial charge in [0, 0.05) is 29.1 Å². The Morgan fingerprint density at radius 2 is 1.50 bits per heavy atom. The first kappa shape index (κ1) is 35.0. The van der Waals surface area contributed by atoms with Crippen LogP contribution in [0.5, 0.6) is 0 Å². The van der Waals surface area contributed by atoms with Crippen LogP contribution in [0.2, 0.25) is 10.0 Å². The molecule has 0 bridgehead atoms. The minimum atomic E-state index is -4.24. The molecule has 0 aromatic heterocycles. The van der Waals surface area contributed by atoms with Crippen molar-refractivity contribution in [2.45, 2.75) is 64.1 Å². The average Bonchev–Trinajstić information content (AvgIpc) is 3.03. The normalized spacial score (nSPS) is 12.7. The molecule has 4 rings (SSSR count). The van der Waals surface area contributed by atoms with Crippen molar-refractivity contribution >= 4 is 50.7 Å². The lowest BCUT2D eigenvalue weighted by molar-refractivity contribution is -0.140. The van der Waals surface area contributed by atoms with Crippen LogP contribution in [0, 0.1) is 13.8 Å². The minimum Gasteiger partial charge on any atom is -0.352 e. The van der Waals surface area contributed by atoms with Crippen molar-refractivity contribution in [2.24, 2.45) is 0 Å². The van der Waals surface area contributed by atoms with Gasteiger partial charge in [0.2, 0.25) is 11.8 Å². The van der Waals surface area contributed by atoms with E-state index in [2.05, 4.69) is 5.32 Å². The highest BCUT2D eigenvalue weighted by Crippen LogP contribution is 2.31. The van der Waals surface area contributed by atoms with Gasteiger partial charge in [0.1, 0.15) is 12.6 Å². The van der Waals surface area contributed by atoms with Crippen LogP contribution in [0.15, 0.2) is 102 Å². The zero-order valence-electron chi connectivity index (χ0n) is 26.4. The Hall–Kier alpha value is -3.85. The summed E-state index contributed by atoms with van der Waals surface area (Å²) in [7, 11) is -4.24. The maximum absolute atomic E-state index is 14.6. The molecule has 4 aromatic carbocycles. The number of carbonyl (C=O) groups excluding carboxylic acids is 2. The largest absolute Gasteiger partial charge is 0.352 e. The number of halogens is 2. The molecule has 2 atom stereocenters. The average molecular weight is 681 g/mol. The third-order valence-corrected chi connectivity index (χ3v) is 10.3. The van der Waals surface area contributed by atoms with E-state index in [9.17, 15) is 18.0 Å². The van der Waals surface area contributed by atoms with Gasteiger partial charge in [0.15, 0.2) is 0 Å². The van der Waals surface area contributed by atoms with E-state index in [1.165, 1.54) is 17.0 Å². The smallest absolute Gasteiger partial charge is 0.264 e. The van der Waals surface area contributed by atoms with Gasteiger partial charge in [-0.3, -0.25) is 13.9 Å². The van der Waals surface area contributed by atoms with Crippen LogP contribution in [0.25, 0.3) is 0 Å². The molecular weight excluding hydrogens is 641 g/mol. The molecule has 7 nitrogen and oxygen atoms in total. The molecule has 0 spiro atoms. The summed E-state index contributed by atoms with van der Waals surface area (Å²) in [5.74, 6) is -0.893. The van der Waals surface area contributed by atoms with Gasteiger partial charge in [-0.1, -0.05) is 96.4 Å². The number of hydrogen-bond donors (Lipinski definition) is 1. The fraction of sp³-hybridized carbons (Fsp3) is 0.278. The molecule has 0 aliphatic carbocycles. The quantitative estimate of drug-likeness (QED) is 0.160. The topological polar surface area (TPSA) is 86.8 Å². The molecule has 0 aliphatic rings. The third-order valence-electron chi connectivity index (χ3n) is 7.91. The molecule has 0 aliphatic heterocycles. The van der Waals surface area contributed by atoms with Crippen LogP contribution < -0.4 is 9.62 Å². The number of aryl methyl sites for hydroxylation is 1. The van der Waals surface area contributed by atoms with Crippen molar-refractivity contribution in [3.05, 3.63) is 129 Å². The van der Waals surface area contributed by atoms with E-state index in [4.69, 9.17) is 23.2 Å². The second-order valence-corrected chi connectivity index (χ2v) is 14.1. The molecule has 10 heteroatoms. The number of amides is 2. The zero-order chi connectivity index (χ0) is 33.4. The van der Waals surface area contributed by atoms with Crippen molar-refractivity contribution in [2.75, 3.05) is 10.8 Å². The van der Waals surface area contributed by atoms with Crippen LogP contribution in [0.3, 0.4) is 0 Å². The molecule has 0 saturated carbocycles. The maximum Gasteiger partial charge on any atom is 0.264 e. The highest BCUT2D eigenvalue weighted by atomic mass is 35.5. The molecule has 4 aromatic rings. The third kappa shape index (κ3) is 8.69. The van der Waals surface area contributed by atoms with Gasteiger partial charge in [0.25, 0.3) is 10.0 Å². The lowest BCUT2D eigenvalue weighted by Crippen LogP contribution is -2.54. The summed E-state index contributed by atoms with van der Waals surface area (Å²) in [5.41, 5.74) is 3.22. The second kappa shape index (κ2) is 15.6. The molecule has 2 amide bonds. The summed E-state index contributed by atoms with van der Waals surface area (Å²) in [5, 5.41) is 3.88. The molecule has 46 heavy (non-hydrogen) atoms. The molecule has 0 saturated heterocycles. The Bertz CT molecular complexity index is 1770. The Morgan fingerprint density at radius 3 is 2.15 bits per heavy atom. The van der Waals surface area contributed by atoms with Crippen LogP contribution in [-0.4, -0.2) is 43.8 Å². The van der Waals surface area contributed by atoms with Crippen molar-refractivity contribution in [1.82, 2.24) is 10.2 Å². The lowest BCUT2D eigenvalue weighted by Gasteiger charge is -2.34. The molecule has 0 heterocycles. The summed E-state index contributed by atoms with van der Waals surface area (Å²) in [6, 6.07) is 26.8. The summed E-state index contributed by atoms with van der Waals surface area (Å²) in [4.78, 5) is 30.0. The number of nitrogens with one attached hydrogen (secondary N) is 1. The fourth-order valence-electron chi connectivity index (χ4n) is 5.04. The number of sulfonamides is 1. The van der Waals surface area contributed by atoms with E-state index in [1.807, 2.05) is 57.2 Å². The SMILES string of the molecule is CC[C@H](C)NC(=O)[C@@H](Cc1ccccc1)N(Cc1cccc(Cl)c1)C(=O)CN(c1cccc(Cl)c1C)S(=O)(=O)c1ccc(C)cc1. The monoisotopic (exact) mass is 679 g/mol. The lowest BCUT2D eigenvalue weighted by atomic mass is 10.0. The van der Waals surface area contributed by atoms with Crippen molar-refractivity contribution in [1.29, 1.82) is 0 Å². The van der Waals surface area contributed by atoms with Crippen molar-refractivity contribution in [3.8, 4) is 0 Å². The number of anilines is 1. The minimum absolute atomic E-state index is 0.0256. The first-order chi connectivity index (χ1) is 21.9. The van der Waals surface area contributed by atoms with E-state index in [0.29, 0.717) is 27.6 Å². The Balaban J connectivity index is 1.84. The molecule has 0 radical (unpaired) electrons. The summed E-state index contributed by atoms with van der Waals surface area (Å²) in [6.45, 7) is 6.90. The number of hydrogen-bond acceptors (Lipinski definition) is 4. The fourth-order valence-corrected chi connectivity index (χ4v) is 6.90. The van der Waals surface area contributed by atoms with Crippen LogP contribution in [0.4, 0.5) is 5.69 Å². The van der Waals surface area contributed by atoms with E-state index >= 15 is 0 Å². The number of carbonyl (C=O) groups is 2. The second-order valence-electron chi connectivity index (χ2n) is 11.4. The van der Waals surface area contributed by atoms with Gasteiger partial charge in [0.05, 0.1) is 10.6 Å².